The van der Waals surface area contributed by atoms with Gasteiger partial charge in [0.15, 0.2) is 0 Å². The van der Waals surface area contributed by atoms with E-state index in [-0.39, 0.29) is 0 Å². The van der Waals surface area contributed by atoms with Crippen molar-refractivity contribution in [2.75, 3.05) is 13.1 Å². The van der Waals surface area contributed by atoms with Gasteiger partial charge in [-0.15, -0.1) is 11.3 Å². The van der Waals surface area contributed by atoms with E-state index in [1.165, 1.54) is 29.8 Å². The van der Waals surface area contributed by atoms with Crippen LogP contribution in [0.1, 0.15) is 43.2 Å². The van der Waals surface area contributed by atoms with Gasteiger partial charge in [0, 0.05) is 24.4 Å². The zero-order chi connectivity index (χ0) is 14.8. The fourth-order valence-corrected chi connectivity index (χ4v) is 4.17. The van der Waals surface area contributed by atoms with Crippen molar-refractivity contribution in [3.63, 3.8) is 0 Å². The Bertz CT molecular complexity index is 599. The van der Waals surface area contributed by atoms with Crippen molar-refractivity contribution in [2.24, 2.45) is 13.0 Å². The standard InChI is InChI=1S/C16H24N4S/c1-11(2)7-17-8-12-5-4-6-14-15(12)19-16(21-14)13-9-18-10-20(13)3/h9-12,17H,4-8H2,1-3H3. The lowest BCUT2D eigenvalue weighted by atomic mass is 9.91. The number of thiazole rings is 1. The van der Waals surface area contributed by atoms with E-state index in [1.807, 2.05) is 30.9 Å². The quantitative estimate of drug-likeness (QED) is 0.922. The zero-order valence-electron chi connectivity index (χ0n) is 13.1. The van der Waals surface area contributed by atoms with E-state index >= 15 is 0 Å². The van der Waals surface area contributed by atoms with E-state index in [0.717, 1.165) is 23.8 Å². The van der Waals surface area contributed by atoms with Crippen molar-refractivity contribution in [1.29, 1.82) is 0 Å². The summed E-state index contributed by atoms with van der Waals surface area (Å²) in [4.78, 5) is 10.6. The van der Waals surface area contributed by atoms with Crippen molar-refractivity contribution in [3.8, 4) is 10.7 Å². The second-order valence-electron chi connectivity index (χ2n) is 6.36. The Kier molecular flexibility index (Phi) is 4.40. The van der Waals surface area contributed by atoms with Gasteiger partial charge in [0.05, 0.1) is 23.9 Å². The van der Waals surface area contributed by atoms with E-state index in [1.54, 1.807) is 0 Å². The molecule has 0 amide bonds. The molecule has 0 spiro atoms. The number of hydrogen-bond acceptors (Lipinski definition) is 4. The van der Waals surface area contributed by atoms with Crippen LogP contribution in [0.25, 0.3) is 10.7 Å². The largest absolute Gasteiger partial charge is 0.332 e. The fraction of sp³-hybridized carbons (Fsp3) is 0.625. The highest BCUT2D eigenvalue weighted by atomic mass is 32.1. The van der Waals surface area contributed by atoms with Gasteiger partial charge in [-0.2, -0.15) is 0 Å². The van der Waals surface area contributed by atoms with Crippen molar-refractivity contribution in [1.82, 2.24) is 19.9 Å². The molecular weight excluding hydrogens is 280 g/mol. The molecule has 114 valence electrons. The Hall–Kier alpha value is -1.20. The highest BCUT2D eigenvalue weighted by molar-refractivity contribution is 7.15. The van der Waals surface area contributed by atoms with Crippen LogP contribution >= 0.6 is 11.3 Å². The molecule has 1 unspecified atom stereocenters. The minimum atomic E-state index is 0.575. The lowest BCUT2D eigenvalue weighted by molar-refractivity contribution is 0.473. The first-order valence-electron chi connectivity index (χ1n) is 7.82. The van der Waals surface area contributed by atoms with Crippen LogP contribution in [0.2, 0.25) is 0 Å². The number of rotatable bonds is 5. The summed E-state index contributed by atoms with van der Waals surface area (Å²) in [6, 6.07) is 0. The lowest BCUT2D eigenvalue weighted by Crippen LogP contribution is -2.27. The molecule has 5 heteroatoms. The summed E-state index contributed by atoms with van der Waals surface area (Å²) in [5.41, 5.74) is 2.46. The van der Waals surface area contributed by atoms with Crippen molar-refractivity contribution in [2.45, 2.75) is 39.0 Å². The number of nitrogens with one attached hydrogen (secondary N) is 1. The Labute approximate surface area is 130 Å². The average Bonchev–Trinajstić information content (AvgIpc) is 3.04. The number of nitrogens with zero attached hydrogens (tertiary/aromatic N) is 3. The van der Waals surface area contributed by atoms with Crippen molar-refractivity contribution >= 4 is 11.3 Å². The molecule has 0 fully saturated rings. The highest BCUT2D eigenvalue weighted by Gasteiger charge is 2.25. The molecule has 0 aromatic carbocycles. The van der Waals surface area contributed by atoms with Crippen molar-refractivity contribution in [3.05, 3.63) is 23.1 Å². The Balaban J connectivity index is 1.78. The highest BCUT2D eigenvalue weighted by Crippen LogP contribution is 2.37. The summed E-state index contributed by atoms with van der Waals surface area (Å²) < 4.78 is 2.05. The van der Waals surface area contributed by atoms with Gasteiger partial charge in [0.25, 0.3) is 0 Å². The molecule has 1 aliphatic rings. The maximum atomic E-state index is 4.95. The lowest BCUT2D eigenvalue weighted by Gasteiger charge is -2.22. The van der Waals surface area contributed by atoms with Crippen LogP contribution in [0.3, 0.4) is 0 Å². The van der Waals surface area contributed by atoms with E-state index in [0.29, 0.717) is 11.8 Å². The van der Waals surface area contributed by atoms with Gasteiger partial charge < -0.3 is 9.88 Å². The number of aryl methyl sites for hydroxylation is 2. The summed E-state index contributed by atoms with van der Waals surface area (Å²) in [7, 11) is 2.03. The third-order valence-corrected chi connectivity index (χ3v) is 5.20. The number of imidazole rings is 1. The molecule has 1 N–H and O–H groups in total. The van der Waals surface area contributed by atoms with Gasteiger partial charge in [0.1, 0.15) is 5.01 Å². The first-order chi connectivity index (χ1) is 10.1. The zero-order valence-corrected chi connectivity index (χ0v) is 13.9. The predicted molar refractivity (Wildman–Crippen MR) is 87.7 cm³/mol. The van der Waals surface area contributed by atoms with E-state index in [2.05, 4.69) is 28.7 Å². The maximum absolute atomic E-state index is 4.95. The molecule has 2 aromatic heterocycles. The smallest absolute Gasteiger partial charge is 0.142 e. The molecule has 1 aliphatic carbocycles. The summed E-state index contributed by atoms with van der Waals surface area (Å²) in [5, 5.41) is 4.72. The Morgan fingerprint density at radius 1 is 1.48 bits per heavy atom. The minimum absolute atomic E-state index is 0.575. The molecule has 21 heavy (non-hydrogen) atoms. The number of fused-ring (bicyclic) bond motifs is 1. The maximum Gasteiger partial charge on any atom is 0.142 e. The normalized spacial score (nSPS) is 18.2. The average molecular weight is 304 g/mol. The molecule has 0 saturated heterocycles. The van der Waals surface area contributed by atoms with E-state index < -0.39 is 0 Å². The number of hydrogen-bond donors (Lipinski definition) is 1. The molecule has 0 aliphatic heterocycles. The molecule has 0 bridgehead atoms. The summed E-state index contributed by atoms with van der Waals surface area (Å²) >= 11 is 1.85. The van der Waals surface area contributed by atoms with Gasteiger partial charge in [-0.3, -0.25) is 0 Å². The Morgan fingerprint density at radius 3 is 3.05 bits per heavy atom. The van der Waals surface area contributed by atoms with Crippen LogP contribution in [0, 0.1) is 5.92 Å². The molecule has 3 rings (SSSR count). The van der Waals surface area contributed by atoms with E-state index in [4.69, 9.17) is 4.98 Å². The van der Waals surface area contributed by atoms with Gasteiger partial charge in [-0.1, -0.05) is 13.8 Å². The topological polar surface area (TPSA) is 42.7 Å². The summed E-state index contributed by atoms with van der Waals surface area (Å²) in [5.74, 6) is 1.28. The molecule has 2 aromatic rings. The monoisotopic (exact) mass is 304 g/mol. The van der Waals surface area contributed by atoms with Crippen LogP contribution in [0.4, 0.5) is 0 Å². The van der Waals surface area contributed by atoms with Gasteiger partial charge in [-0.25, -0.2) is 9.97 Å². The molecular formula is C16H24N4S. The molecule has 4 nitrogen and oxygen atoms in total. The van der Waals surface area contributed by atoms with Crippen LogP contribution in [0.15, 0.2) is 12.5 Å². The van der Waals surface area contributed by atoms with Crippen molar-refractivity contribution < 1.29 is 0 Å². The minimum Gasteiger partial charge on any atom is -0.332 e. The van der Waals surface area contributed by atoms with Gasteiger partial charge in [-0.05, 0) is 31.7 Å². The first kappa shape index (κ1) is 14.7. The van der Waals surface area contributed by atoms with E-state index in [9.17, 15) is 0 Å². The predicted octanol–water partition coefficient (Wildman–Crippen LogP) is 3.21. The molecule has 1 atom stereocenters. The second kappa shape index (κ2) is 6.28. The van der Waals surface area contributed by atoms with Gasteiger partial charge >= 0.3 is 0 Å². The van der Waals surface area contributed by atoms with Gasteiger partial charge in [0.2, 0.25) is 0 Å². The summed E-state index contributed by atoms with van der Waals surface area (Å²) in [6.45, 7) is 6.65. The van der Waals surface area contributed by atoms with Crippen LogP contribution in [0.5, 0.6) is 0 Å². The molecule has 0 saturated carbocycles. The second-order valence-corrected chi connectivity index (χ2v) is 7.44. The summed E-state index contributed by atoms with van der Waals surface area (Å²) in [6.07, 6.45) is 7.49. The third-order valence-electron chi connectivity index (χ3n) is 4.05. The SMILES string of the molecule is CC(C)CNCC1CCCc2sc(-c3cncn3C)nc21. The molecule has 0 radical (unpaired) electrons. The van der Waals surface area contributed by atoms with Crippen LogP contribution < -0.4 is 5.32 Å². The fourth-order valence-electron chi connectivity index (χ4n) is 2.93. The molecule has 2 heterocycles. The first-order valence-corrected chi connectivity index (χ1v) is 8.63. The number of aromatic nitrogens is 3. The van der Waals surface area contributed by atoms with Crippen LogP contribution in [-0.2, 0) is 13.5 Å². The Morgan fingerprint density at radius 2 is 2.33 bits per heavy atom. The third kappa shape index (κ3) is 3.19. The van der Waals surface area contributed by atoms with Crippen LogP contribution in [-0.4, -0.2) is 27.6 Å².